The minimum absolute atomic E-state index is 0.283. The molecule has 5 heteroatoms. The summed E-state index contributed by atoms with van der Waals surface area (Å²) in [4.78, 5) is 19.8. The predicted molar refractivity (Wildman–Crippen MR) is 78.8 cm³/mol. The summed E-state index contributed by atoms with van der Waals surface area (Å²) in [6.07, 6.45) is 1.57. The molecule has 4 nitrogen and oxygen atoms in total. The zero-order valence-electron chi connectivity index (χ0n) is 11.7. The van der Waals surface area contributed by atoms with Gasteiger partial charge >= 0.3 is 5.97 Å². The van der Waals surface area contributed by atoms with E-state index in [1.54, 1.807) is 12.3 Å². The summed E-state index contributed by atoms with van der Waals surface area (Å²) < 4.78 is 4.65. The maximum atomic E-state index is 11.4. The van der Waals surface area contributed by atoms with Gasteiger partial charge in [0, 0.05) is 11.9 Å². The van der Waals surface area contributed by atoms with Crippen LogP contribution in [0.2, 0.25) is 0 Å². The lowest BCUT2D eigenvalue weighted by molar-refractivity contribution is 0.0593. The van der Waals surface area contributed by atoms with E-state index in [0.29, 0.717) is 5.16 Å². The molecule has 0 N–H and O–H groups in total. The molecular formula is C15H16N2O2S. The minimum Gasteiger partial charge on any atom is -0.464 e. The van der Waals surface area contributed by atoms with Crippen molar-refractivity contribution >= 4 is 17.7 Å². The number of methoxy groups -OCH3 is 1. The van der Waals surface area contributed by atoms with Crippen molar-refractivity contribution in [3.05, 3.63) is 52.8 Å². The Morgan fingerprint density at radius 2 is 2.10 bits per heavy atom. The van der Waals surface area contributed by atoms with E-state index in [2.05, 4.69) is 46.8 Å². The van der Waals surface area contributed by atoms with Crippen molar-refractivity contribution in [2.75, 3.05) is 7.11 Å². The maximum absolute atomic E-state index is 11.4. The van der Waals surface area contributed by atoms with Crippen LogP contribution >= 0.6 is 11.8 Å². The molecule has 0 saturated heterocycles. The van der Waals surface area contributed by atoms with Crippen LogP contribution in [-0.2, 0) is 10.5 Å². The van der Waals surface area contributed by atoms with Gasteiger partial charge in [-0.3, -0.25) is 0 Å². The quantitative estimate of drug-likeness (QED) is 0.491. The summed E-state index contributed by atoms with van der Waals surface area (Å²) in [6, 6.07) is 7.91. The van der Waals surface area contributed by atoms with Gasteiger partial charge in [-0.1, -0.05) is 35.5 Å². The van der Waals surface area contributed by atoms with E-state index in [0.717, 1.165) is 5.75 Å². The molecule has 0 spiro atoms. The zero-order chi connectivity index (χ0) is 14.5. The van der Waals surface area contributed by atoms with Crippen molar-refractivity contribution in [2.45, 2.75) is 24.8 Å². The van der Waals surface area contributed by atoms with Crippen LogP contribution in [0.3, 0.4) is 0 Å². The van der Waals surface area contributed by atoms with Gasteiger partial charge in [-0.05, 0) is 31.0 Å². The second-order valence-corrected chi connectivity index (χ2v) is 5.38. The molecule has 104 valence electrons. The Morgan fingerprint density at radius 1 is 1.30 bits per heavy atom. The van der Waals surface area contributed by atoms with Crippen LogP contribution in [0, 0.1) is 13.8 Å². The highest BCUT2D eigenvalue weighted by atomic mass is 32.2. The van der Waals surface area contributed by atoms with E-state index in [-0.39, 0.29) is 5.69 Å². The van der Waals surface area contributed by atoms with Crippen molar-refractivity contribution in [2.24, 2.45) is 0 Å². The first-order valence-corrected chi connectivity index (χ1v) is 7.19. The maximum Gasteiger partial charge on any atom is 0.356 e. The van der Waals surface area contributed by atoms with E-state index < -0.39 is 5.97 Å². The van der Waals surface area contributed by atoms with Gasteiger partial charge in [-0.15, -0.1) is 0 Å². The molecule has 0 fully saturated rings. The van der Waals surface area contributed by atoms with Crippen molar-refractivity contribution < 1.29 is 9.53 Å². The fraction of sp³-hybridized carbons (Fsp3) is 0.267. The van der Waals surface area contributed by atoms with Crippen molar-refractivity contribution in [1.29, 1.82) is 0 Å². The number of hydrogen-bond donors (Lipinski definition) is 0. The highest BCUT2D eigenvalue weighted by molar-refractivity contribution is 7.98. The van der Waals surface area contributed by atoms with Gasteiger partial charge in [-0.25, -0.2) is 14.8 Å². The normalized spacial score (nSPS) is 10.3. The number of carbonyl (C=O) groups is 1. The van der Waals surface area contributed by atoms with Crippen LogP contribution in [0.1, 0.15) is 27.2 Å². The highest BCUT2D eigenvalue weighted by Gasteiger charge is 2.09. The van der Waals surface area contributed by atoms with E-state index in [4.69, 9.17) is 0 Å². The molecule has 0 aliphatic rings. The number of hydrogen-bond acceptors (Lipinski definition) is 5. The van der Waals surface area contributed by atoms with Crippen molar-refractivity contribution in [3.63, 3.8) is 0 Å². The lowest BCUT2D eigenvalue weighted by Gasteiger charge is -2.06. The molecule has 1 aromatic carbocycles. The molecule has 2 aromatic rings. The molecule has 0 saturated carbocycles. The molecule has 2 rings (SSSR count). The molecule has 1 aromatic heterocycles. The highest BCUT2D eigenvalue weighted by Crippen LogP contribution is 2.22. The Balaban J connectivity index is 2.11. The van der Waals surface area contributed by atoms with Gasteiger partial charge in [0.15, 0.2) is 10.9 Å². The fourth-order valence-corrected chi connectivity index (χ4v) is 2.62. The average molecular weight is 288 g/mol. The Morgan fingerprint density at radius 3 is 2.85 bits per heavy atom. The summed E-state index contributed by atoms with van der Waals surface area (Å²) in [6.45, 7) is 4.16. The number of esters is 1. The average Bonchev–Trinajstić information content (AvgIpc) is 2.47. The standard InChI is InChI=1S/C15H16N2O2S/c1-10-4-5-11(2)12(8-10)9-20-15-16-7-6-13(17-15)14(18)19-3/h4-8H,9H2,1-3H3. The fourth-order valence-electron chi connectivity index (χ4n) is 1.73. The number of aromatic nitrogens is 2. The molecule has 0 amide bonds. The number of nitrogens with zero attached hydrogens (tertiary/aromatic N) is 2. The van der Waals surface area contributed by atoms with Crippen LogP contribution < -0.4 is 0 Å². The van der Waals surface area contributed by atoms with Crippen LogP contribution in [0.5, 0.6) is 0 Å². The van der Waals surface area contributed by atoms with Gasteiger partial charge in [-0.2, -0.15) is 0 Å². The molecule has 20 heavy (non-hydrogen) atoms. The van der Waals surface area contributed by atoms with Gasteiger partial charge in [0.05, 0.1) is 7.11 Å². The first kappa shape index (κ1) is 14.5. The summed E-state index contributed by atoms with van der Waals surface area (Å²) in [5, 5.41) is 0.578. The smallest absolute Gasteiger partial charge is 0.356 e. The van der Waals surface area contributed by atoms with Crippen LogP contribution in [0.15, 0.2) is 35.6 Å². The molecule has 0 aliphatic heterocycles. The van der Waals surface area contributed by atoms with Crippen LogP contribution in [0.25, 0.3) is 0 Å². The number of benzene rings is 1. The van der Waals surface area contributed by atoms with E-state index in [9.17, 15) is 4.79 Å². The molecule has 0 bridgehead atoms. The van der Waals surface area contributed by atoms with Gasteiger partial charge in [0.2, 0.25) is 0 Å². The minimum atomic E-state index is -0.444. The van der Waals surface area contributed by atoms with Crippen LogP contribution in [-0.4, -0.2) is 23.0 Å². The third-order valence-corrected chi connectivity index (χ3v) is 3.80. The van der Waals surface area contributed by atoms with Gasteiger partial charge < -0.3 is 4.74 Å². The number of thioether (sulfide) groups is 1. The molecule has 0 atom stereocenters. The second kappa shape index (κ2) is 6.52. The topological polar surface area (TPSA) is 52.1 Å². The lowest BCUT2D eigenvalue weighted by atomic mass is 10.1. The first-order chi connectivity index (χ1) is 9.60. The van der Waals surface area contributed by atoms with Gasteiger partial charge in [0.1, 0.15) is 0 Å². The second-order valence-electron chi connectivity index (χ2n) is 4.43. The summed E-state index contributed by atoms with van der Waals surface area (Å²) in [5.41, 5.74) is 4.01. The molecular weight excluding hydrogens is 272 g/mol. The lowest BCUT2D eigenvalue weighted by Crippen LogP contribution is -2.05. The van der Waals surface area contributed by atoms with E-state index >= 15 is 0 Å². The molecule has 0 aliphatic carbocycles. The largest absolute Gasteiger partial charge is 0.464 e. The third-order valence-electron chi connectivity index (χ3n) is 2.89. The number of aryl methyl sites for hydroxylation is 2. The zero-order valence-corrected chi connectivity index (χ0v) is 12.5. The summed E-state index contributed by atoms with van der Waals surface area (Å²) in [7, 11) is 1.34. The first-order valence-electron chi connectivity index (χ1n) is 6.20. The van der Waals surface area contributed by atoms with E-state index in [1.807, 2.05) is 0 Å². The Labute approximate surface area is 122 Å². The Bertz CT molecular complexity index is 629. The van der Waals surface area contributed by atoms with E-state index in [1.165, 1.54) is 35.6 Å². The Kier molecular flexibility index (Phi) is 4.74. The monoisotopic (exact) mass is 288 g/mol. The molecule has 0 radical (unpaired) electrons. The number of ether oxygens (including phenoxy) is 1. The van der Waals surface area contributed by atoms with Crippen LogP contribution in [0.4, 0.5) is 0 Å². The van der Waals surface area contributed by atoms with Crippen molar-refractivity contribution in [3.8, 4) is 0 Å². The molecule has 1 heterocycles. The summed E-state index contributed by atoms with van der Waals surface area (Å²) >= 11 is 1.51. The third kappa shape index (κ3) is 3.57. The molecule has 0 unspecified atom stereocenters. The van der Waals surface area contributed by atoms with Gasteiger partial charge in [0.25, 0.3) is 0 Å². The Hall–Kier alpha value is -1.88. The number of carbonyl (C=O) groups excluding carboxylic acids is 1. The van der Waals surface area contributed by atoms with Crippen molar-refractivity contribution in [1.82, 2.24) is 9.97 Å². The predicted octanol–water partition coefficient (Wildman–Crippen LogP) is 3.17. The number of rotatable bonds is 4. The SMILES string of the molecule is COC(=O)c1ccnc(SCc2cc(C)ccc2C)n1. The summed E-state index contributed by atoms with van der Waals surface area (Å²) in [5.74, 6) is 0.332.